The number of nitrogens with one attached hydrogen (secondary N) is 14. The first kappa shape index (κ1) is 92.1. The van der Waals surface area contributed by atoms with E-state index in [1.807, 2.05) is 6.92 Å². The molecule has 586 valence electrons. The van der Waals surface area contributed by atoms with Gasteiger partial charge in [0.15, 0.2) is 0 Å². The van der Waals surface area contributed by atoms with Crippen molar-refractivity contribution < 1.29 is 102 Å². The lowest BCUT2D eigenvalue weighted by atomic mass is 9.98. The Balaban J connectivity index is 3.47. The molecule has 0 radical (unpaired) electrons. The van der Waals surface area contributed by atoms with Gasteiger partial charge in [-0.2, -0.15) is 0 Å². The average molecular weight is 1480 g/mol. The van der Waals surface area contributed by atoms with E-state index >= 15 is 0 Å². The van der Waals surface area contributed by atoms with Crippen LogP contribution < -0.4 is 92.1 Å². The third-order valence-electron chi connectivity index (χ3n) is 16.4. The first-order valence-corrected chi connectivity index (χ1v) is 34.2. The number of hydrogen-bond donors (Lipinski definition) is 22. The highest BCUT2D eigenvalue weighted by molar-refractivity contribution is 6.00. The molecule has 0 spiro atoms. The molecule has 15 atom stereocenters. The number of nitrogens with zero attached hydrogens (tertiary/aromatic N) is 1. The van der Waals surface area contributed by atoms with Crippen LogP contribution in [-0.4, -0.2) is 235 Å². The number of rotatable bonds is 50. The first-order chi connectivity index (χ1) is 48.6. The maximum atomic E-state index is 14.3. The van der Waals surface area contributed by atoms with Crippen molar-refractivity contribution in [2.45, 2.75) is 238 Å². The molecule has 0 aliphatic rings. The van der Waals surface area contributed by atoms with Gasteiger partial charge in [0.05, 0.1) is 25.6 Å². The SMILES string of the molecule is CC[C@H](C)[C@H](N)C(=O)N[C@@H](C)C(=O)N[C@@H](C)C(=O)N[C@@H](CO)C(=O)N[C@@H](CC(C)C)C(=O)N[C@@H](CCC(N)=O)C(=O)N[C@@H](CCC(=O)O)C(=O)N[C@@H](CO)C(=O)N[C@@H](CCCCN)C(=O)N[C@@H](CCC(N)=O)C(=O)N[C@H](C(=O)N[C@H](C(=O)N[C@@H](C)C(=O)N[C@@H](Cc1cnc[nH]1)C(=O)O)C(C)C)C(C)C. The zero-order chi connectivity index (χ0) is 79.4. The number of unbranched alkanes of at least 4 members (excludes halogenated alkanes) is 1. The largest absolute Gasteiger partial charge is 0.481 e. The van der Waals surface area contributed by atoms with E-state index in [4.69, 9.17) is 22.9 Å². The molecule has 0 aliphatic heterocycles. The van der Waals surface area contributed by atoms with E-state index in [0.717, 1.165) is 0 Å². The number of aliphatic hydroxyl groups is 2. The number of nitrogens with two attached hydrogens (primary N) is 4. The number of aromatic amines is 1. The Bertz CT molecular complexity index is 3100. The number of amides is 15. The van der Waals surface area contributed by atoms with E-state index in [9.17, 15) is 102 Å². The molecule has 1 rings (SSSR count). The van der Waals surface area contributed by atoms with Crippen LogP contribution in [0.4, 0.5) is 0 Å². The van der Waals surface area contributed by atoms with E-state index in [0.29, 0.717) is 12.1 Å². The van der Waals surface area contributed by atoms with E-state index in [-0.39, 0.29) is 50.5 Å². The summed E-state index contributed by atoms with van der Waals surface area (Å²) >= 11 is 0. The normalized spacial score (nSPS) is 15.6. The summed E-state index contributed by atoms with van der Waals surface area (Å²) in [7, 11) is 0. The minimum atomic E-state index is -1.99. The van der Waals surface area contributed by atoms with Gasteiger partial charge in [0, 0.05) is 37.6 Å². The van der Waals surface area contributed by atoms with Crippen molar-refractivity contribution in [1.82, 2.24) is 79.1 Å². The molecule has 40 heteroatoms. The number of aliphatic carboxylic acids is 2. The Morgan fingerprint density at radius 2 is 0.779 bits per heavy atom. The summed E-state index contributed by atoms with van der Waals surface area (Å²) in [6, 6.07) is -21.3. The molecule has 1 aromatic rings. The summed E-state index contributed by atoms with van der Waals surface area (Å²) in [5.74, 6) is -20.0. The van der Waals surface area contributed by atoms with Crippen LogP contribution >= 0.6 is 0 Å². The van der Waals surface area contributed by atoms with Gasteiger partial charge in [0.25, 0.3) is 0 Å². The van der Waals surface area contributed by atoms with Crippen molar-refractivity contribution in [3.8, 4) is 0 Å². The highest BCUT2D eigenvalue weighted by Gasteiger charge is 2.38. The fourth-order valence-electron chi connectivity index (χ4n) is 9.77. The molecule has 0 fully saturated rings. The Morgan fingerprint density at radius 1 is 0.433 bits per heavy atom. The number of carboxylic acid groups (broad SMARTS) is 2. The molecular weight excluding hydrogens is 1370 g/mol. The van der Waals surface area contributed by atoms with Crippen LogP contribution in [0.2, 0.25) is 0 Å². The predicted octanol–water partition coefficient (Wildman–Crippen LogP) is -7.36. The molecule has 1 aromatic heterocycles. The molecule has 40 nitrogen and oxygen atoms in total. The summed E-state index contributed by atoms with van der Waals surface area (Å²) in [6.07, 6.45) is -0.585. The highest BCUT2D eigenvalue weighted by Crippen LogP contribution is 2.14. The maximum absolute atomic E-state index is 14.3. The number of hydrogen-bond acceptors (Lipinski definition) is 22. The van der Waals surface area contributed by atoms with E-state index in [2.05, 4.69) is 79.1 Å². The van der Waals surface area contributed by atoms with Gasteiger partial charge in [-0.3, -0.25) is 76.7 Å². The second kappa shape index (κ2) is 46.6. The van der Waals surface area contributed by atoms with Gasteiger partial charge in [-0.1, -0.05) is 61.8 Å². The average Bonchev–Trinajstić information content (AvgIpc) is 1.01. The first-order valence-electron chi connectivity index (χ1n) is 34.2. The van der Waals surface area contributed by atoms with Crippen LogP contribution in [0.15, 0.2) is 12.5 Å². The quantitative estimate of drug-likeness (QED) is 0.0270. The number of imidazole rings is 1. The molecule has 0 aromatic carbocycles. The number of aliphatic hydroxyl groups excluding tert-OH is 2. The predicted molar refractivity (Wildman–Crippen MR) is 369 cm³/mol. The van der Waals surface area contributed by atoms with Crippen molar-refractivity contribution in [2.24, 2.45) is 46.6 Å². The molecular formula is C64H109N19O21. The van der Waals surface area contributed by atoms with Crippen LogP contribution in [0.5, 0.6) is 0 Å². The molecule has 0 bridgehead atoms. The third kappa shape index (κ3) is 33.4. The van der Waals surface area contributed by atoms with Gasteiger partial charge in [0.1, 0.15) is 78.5 Å². The lowest BCUT2D eigenvalue weighted by molar-refractivity contribution is -0.142. The van der Waals surface area contributed by atoms with Crippen molar-refractivity contribution in [2.75, 3.05) is 19.8 Å². The number of carbonyl (C=O) groups excluding carboxylic acids is 15. The van der Waals surface area contributed by atoms with E-state index < -0.39 is 249 Å². The zero-order valence-corrected chi connectivity index (χ0v) is 60.6. The smallest absolute Gasteiger partial charge is 0.326 e. The minimum absolute atomic E-state index is 0.0940. The number of H-pyrrole nitrogens is 1. The zero-order valence-electron chi connectivity index (χ0n) is 60.6. The van der Waals surface area contributed by atoms with Crippen LogP contribution in [0.1, 0.15) is 152 Å². The molecule has 26 N–H and O–H groups in total. The van der Waals surface area contributed by atoms with Crippen LogP contribution in [0.25, 0.3) is 0 Å². The van der Waals surface area contributed by atoms with Crippen LogP contribution in [0.3, 0.4) is 0 Å². The number of aromatic nitrogens is 2. The number of carboxylic acids is 2. The summed E-state index contributed by atoms with van der Waals surface area (Å²) in [6.45, 7) is 14.8. The van der Waals surface area contributed by atoms with Gasteiger partial charge >= 0.3 is 11.9 Å². The third-order valence-corrected chi connectivity index (χ3v) is 16.4. The fourth-order valence-corrected chi connectivity index (χ4v) is 9.77. The van der Waals surface area contributed by atoms with Gasteiger partial charge in [-0.05, 0) is 95.9 Å². The Hall–Kier alpha value is -9.96. The summed E-state index contributed by atoms with van der Waals surface area (Å²) in [5, 5.41) is 71.1. The summed E-state index contributed by atoms with van der Waals surface area (Å²) < 4.78 is 0. The molecule has 104 heavy (non-hydrogen) atoms. The van der Waals surface area contributed by atoms with E-state index in [1.165, 1.54) is 47.1 Å². The van der Waals surface area contributed by atoms with Crippen molar-refractivity contribution >= 4 is 101 Å². The maximum Gasteiger partial charge on any atom is 0.326 e. The van der Waals surface area contributed by atoms with Crippen LogP contribution in [-0.2, 0) is 87.9 Å². The van der Waals surface area contributed by atoms with Gasteiger partial charge in [-0.15, -0.1) is 0 Å². The van der Waals surface area contributed by atoms with Crippen molar-refractivity contribution in [3.05, 3.63) is 18.2 Å². The second-order valence-corrected chi connectivity index (χ2v) is 26.4. The van der Waals surface area contributed by atoms with E-state index in [1.54, 1.807) is 34.6 Å². The van der Waals surface area contributed by atoms with Gasteiger partial charge in [0.2, 0.25) is 88.6 Å². The Morgan fingerprint density at radius 3 is 1.16 bits per heavy atom. The lowest BCUT2D eigenvalue weighted by Gasteiger charge is -2.29. The topological polar surface area (TPSA) is 660 Å². The molecule has 0 aliphatic carbocycles. The highest BCUT2D eigenvalue weighted by atomic mass is 16.4. The Kier molecular flexibility index (Phi) is 41.3. The standard InChI is InChI=1S/C64H109N19O21/c1-12-32(8)48(68)61(100)72-33(9)51(90)71-34(10)53(92)80-43(26-84)60(99)78-41(23-29(2)3)58(97)77-38(16-19-45(66)86)55(94)76-40(18-21-47(88)89)56(95)81-44(27-85)59(98)74-37(15-13-14-22-65)54(93)75-39(17-20-46(67)87)57(96)82-50(31(6)7)63(102)83-49(30(4)5)62(101)73-35(11)52(91)79-42(64(103)104)24-36-25-69-28-70-36/h25,28-35,37-44,48-50,84-85H,12-24,26-27,65,68H2,1-11H3,(H2,66,86)(H2,67,87)(H,69,70)(H,71,90)(H,72,100)(H,73,101)(H,74,98)(H,75,93)(H,76,94)(H,77,97)(H,78,99)(H,79,91)(H,80,92)(H,81,95)(H,82,96)(H,83,102)(H,88,89)(H,103,104)/t32-,33-,34-,35-,37-,38-,39-,40-,41-,42-,43-,44-,48-,49-,50-/m0/s1. The lowest BCUT2D eigenvalue weighted by Crippen LogP contribution is -2.62. The molecule has 0 saturated carbocycles. The molecule has 1 heterocycles. The summed E-state index contributed by atoms with van der Waals surface area (Å²) in [4.78, 5) is 233. The van der Waals surface area contributed by atoms with Gasteiger partial charge in [-0.25, -0.2) is 9.78 Å². The minimum Gasteiger partial charge on any atom is -0.481 e. The van der Waals surface area contributed by atoms with Crippen molar-refractivity contribution in [1.29, 1.82) is 0 Å². The second-order valence-electron chi connectivity index (χ2n) is 26.4. The monoisotopic (exact) mass is 1480 g/mol. The number of carbonyl (C=O) groups is 17. The Labute approximate surface area is 602 Å². The molecule has 15 amide bonds. The summed E-state index contributed by atoms with van der Waals surface area (Å²) in [5.41, 5.74) is 22.9. The fraction of sp³-hybridized carbons (Fsp3) is 0.688. The molecule has 0 unspecified atom stereocenters. The van der Waals surface area contributed by atoms with Gasteiger partial charge < -0.3 is 117 Å². The molecule has 0 saturated heterocycles. The van der Waals surface area contributed by atoms with Crippen LogP contribution in [0, 0.1) is 23.7 Å². The number of primary amides is 2. The van der Waals surface area contributed by atoms with Crippen molar-refractivity contribution in [3.63, 3.8) is 0 Å².